The lowest BCUT2D eigenvalue weighted by Crippen LogP contribution is -2.44. The quantitative estimate of drug-likeness (QED) is 0.819. The summed E-state index contributed by atoms with van der Waals surface area (Å²) >= 11 is 0. The third-order valence-electron chi connectivity index (χ3n) is 4.42. The number of alkyl carbamates (subject to hydrolysis) is 1. The van der Waals surface area contributed by atoms with E-state index < -0.39 is 23.7 Å². The molecule has 1 aliphatic rings. The van der Waals surface area contributed by atoms with E-state index >= 15 is 0 Å². The maximum Gasteiger partial charge on any atom is 0.408 e. The van der Waals surface area contributed by atoms with Gasteiger partial charge in [-0.1, -0.05) is 6.07 Å². The fourth-order valence-electron chi connectivity index (χ4n) is 3.10. The van der Waals surface area contributed by atoms with Crippen LogP contribution in [0.5, 0.6) is 0 Å². The van der Waals surface area contributed by atoms with Gasteiger partial charge in [0.25, 0.3) is 0 Å². The topological polar surface area (TPSA) is 88.1 Å². The summed E-state index contributed by atoms with van der Waals surface area (Å²) in [6, 6.07) is 3.04. The molecular formula is C20H30N2O5. The van der Waals surface area contributed by atoms with Crippen LogP contribution >= 0.6 is 0 Å². The van der Waals surface area contributed by atoms with Crippen molar-refractivity contribution in [3.8, 4) is 0 Å². The van der Waals surface area contributed by atoms with Crippen molar-refractivity contribution in [2.45, 2.75) is 52.7 Å². The SMILES string of the molecule is Cc1cc(N2CCOCC2)c(C)cc1CC(NC(=O)OC(C)(C)C)C(=O)O. The number of morpholine rings is 1. The lowest BCUT2D eigenvalue weighted by Gasteiger charge is -2.31. The van der Waals surface area contributed by atoms with E-state index in [-0.39, 0.29) is 6.42 Å². The van der Waals surface area contributed by atoms with Crippen LogP contribution in [0.15, 0.2) is 12.1 Å². The Kier molecular flexibility index (Phi) is 6.70. The zero-order valence-electron chi connectivity index (χ0n) is 16.8. The molecule has 1 saturated heterocycles. The van der Waals surface area contributed by atoms with Gasteiger partial charge in [-0.25, -0.2) is 9.59 Å². The Hall–Kier alpha value is -2.28. The smallest absolute Gasteiger partial charge is 0.408 e. The third-order valence-corrected chi connectivity index (χ3v) is 4.42. The summed E-state index contributed by atoms with van der Waals surface area (Å²) in [5.41, 5.74) is 3.44. The first-order valence-corrected chi connectivity index (χ1v) is 9.22. The number of aryl methyl sites for hydroxylation is 2. The Morgan fingerprint density at radius 3 is 2.41 bits per heavy atom. The van der Waals surface area contributed by atoms with Gasteiger partial charge < -0.3 is 24.8 Å². The molecule has 2 rings (SSSR count). The second-order valence-corrected chi connectivity index (χ2v) is 7.91. The van der Waals surface area contributed by atoms with Gasteiger partial charge in [0.15, 0.2) is 0 Å². The van der Waals surface area contributed by atoms with Crippen molar-refractivity contribution in [1.82, 2.24) is 5.32 Å². The molecular weight excluding hydrogens is 348 g/mol. The number of hydrogen-bond acceptors (Lipinski definition) is 5. The van der Waals surface area contributed by atoms with Gasteiger partial charge in [0.2, 0.25) is 0 Å². The van der Waals surface area contributed by atoms with E-state index in [1.165, 1.54) is 0 Å². The van der Waals surface area contributed by atoms with Gasteiger partial charge >= 0.3 is 12.1 Å². The van der Waals surface area contributed by atoms with Crippen molar-refractivity contribution in [2.75, 3.05) is 31.2 Å². The molecule has 0 aromatic heterocycles. The molecule has 1 fully saturated rings. The minimum absolute atomic E-state index is 0.199. The first-order valence-electron chi connectivity index (χ1n) is 9.22. The van der Waals surface area contributed by atoms with Crippen LogP contribution < -0.4 is 10.2 Å². The Bertz CT molecular complexity index is 690. The lowest BCUT2D eigenvalue weighted by atomic mass is 9.97. The molecule has 150 valence electrons. The molecule has 0 radical (unpaired) electrons. The summed E-state index contributed by atoms with van der Waals surface area (Å²) in [7, 11) is 0. The summed E-state index contributed by atoms with van der Waals surface area (Å²) in [5.74, 6) is -1.09. The highest BCUT2D eigenvalue weighted by Gasteiger charge is 2.25. The van der Waals surface area contributed by atoms with Gasteiger partial charge in [0, 0.05) is 25.2 Å². The molecule has 7 heteroatoms. The molecule has 0 aliphatic carbocycles. The van der Waals surface area contributed by atoms with Gasteiger partial charge in [0.1, 0.15) is 11.6 Å². The lowest BCUT2D eigenvalue weighted by molar-refractivity contribution is -0.139. The number of nitrogens with one attached hydrogen (secondary N) is 1. The van der Waals surface area contributed by atoms with Crippen LogP contribution in [0.3, 0.4) is 0 Å². The number of rotatable bonds is 5. The number of ether oxygens (including phenoxy) is 2. The first kappa shape index (κ1) is 21.0. The molecule has 1 aliphatic heterocycles. The average Bonchev–Trinajstić information content (AvgIpc) is 2.56. The predicted molar refractivity (Wildman–Crippen MR) is 103 cm³/mol. The number of carbonyl (C=O) groups is 2. The van der Waals surface area contributed by atoms with Crippen LogP contribution in [0, 0.1) is 13.8 Å². The highest BCUT2D eigenvalue weighted by Crippen LogP contribution is 2.26. The second-order valence-electron chi connectivity index (χ2n) is 7.91. The van der Waals surface area contributed by atoms with Crippen molar-refractivity contribution in [1.29, 1.82) is 0 Å². The van der Waals surface area contributed by atoms with Gasteiger partial charge in [-0.2, -0.15) is 0 Å². The van der Waals surface area contributed by atoms with E-state index in [1.807, 2.05) is 19.9 Å². The molecule has 1 aromatic rings. The number of anilines is 1. The van der Waals surface area contributed by atoms with Crippen molar-refractivity contribution in [3.63, 3.8) is 0 Å². The number of carbonyl (C=O) groups excluding carboxylic acids is 1. The number of hydrogen-bond donors (Lipinski definition) is 2. The van der Waals surface area contributed by atoms with E-state index in [2.05, 4.69) is 16.3 Å². The van der Waals surface area contributed by atoms with Gasteiger partial charge in [-0.05, 0) is 57.4 Å². The van der Waals surface area contributed by atoms with E-state index in [0.29, 0.717) is 13.2 Å². The van der Waals surface area contributed by atoms with Crippen molar-refractivity contribution in [2.24, 2.45) is 0 Å². The summed E-state index contributed by atoms with van der Waals surface area (Å²) in [6.45, 7) is 12.3. The summed E-state index contributed by atoms with van der Waals surface area (Å²) in [6.07, 6.45) is -0.529. The minimum Gasteiger partial charge on any atom is -0.480 e. The zero-order valence-corrected chi connectivity index (χ0v) is 16.8. The number of carboxylic acid groups (broad SMARTS) is 1. The van der Waals surface area contributed by atoms with Crippen molar-refractivity contribution in [3.05, 3.63) is 28.8 Å². The van der Waals surface area contributed by atoms with Crippen LogP contribution in [0.1, 0.15) is 37.5 Å². The molecule has 1 unspecified atom stereocenters. The Labute approximate surface area is 160 Å². The van der Waals surface area contributed by atoms with E-state index in [1.54, 1.807) is 20.8 Å². The first-order chi connectivity index (χ1) is 12.6. The van der Waals surface area contributed by atoms with Gasteiger partial charge in [-0.15, -0.1) is 0 Å². The molecule has 1 aromatic carbocycles. The maximum absolute atomic E-state index is 12.0. The molecule has 1 heterocycles. The molecule has 1 amide bonds. The van der Waals surface area contributed by atoms with Gasteiger partial charge in [-0.3, -0.25) is 0 Å². The predicted octanol–water partition coefficient (Wildman–Crippen LogP) is 2.66. The third kappa shape index (κ3) is 6.13. The zero-order chi connectivity index (χ0) is 20.2. The van der Waals surface area contributed by atoms with Gasteiger partial charge in [0.05, 0.1) is 13.2 Å². The molecule has 7 nitrogen and oxygen atoms in total. The molecule has 1 atom stereocenters. The highest BCUT2D eigenvalue weighted by molar-refractivity contribution is 5.80. The molecule has 2 N–H and O–H groups in total. The van der Waals surface area contributed by atoms with Crippen LogP contribution in [0.2, 0.25) is 0 Å². The Morgan fingerprint density at radius 1 is 1.22 bits per heavy atom. The summed E-state index contributed by atoms with van der Waals surface area (Å²) < 4.78 is 10.6. The highest BCUT2D eigenvalue weighted by atomic mass is 16.6. The van der Waals surface area contributed by atoms with Crippen LogP contribution in [-0.4, -0.2) is 55.1 Å². The molecule has 0 bridgehead atoms. The number of nitrogens with zero attached hydrogens (tertiary/aromatic N) is 1. The Morgan fingerprint density at radius 2 is 1.85 bits per heavy atom. The molecule has 0 spiro atoms. The average molecular weight is 378 g/mol. The summed E-state index contributed by atoms with van der Waals surface area (Å²) in [5, 5.41) is 12.0. The number of benzene rings is 1. The van der Waals surface area contributed by atoms with Crippen LogP contribution in [0.25, 0.3) is 0 Å². The standard InChI is InChI=1S/C20H30N2O5/c1-13-11-17(22-6-8-26-9-7-22)14(2)10-15(13)12-16(18(23)24)21-19(25)27-20(3,4)5/h10-11,16H,6-9,12H2,1-5H3,(H,21,25)(H,23,24). The number of aliphatic carboxylic acids is 1. The van der Waals surface area contributed by atoms with E-state index in [0.717, 1.165) is 35.5 Å². The van der Waals surface area contributed by atoms with E-state index in [9.17, 15) is 14.7 Å². The normalized spacial score (nSPS) is 16.0. The van der Waals surface area contributed by atoms with Crippen molar-refractivity contribution >= 4 is 17.7 Å². The number of amides is 1. The van der Waals surface area contributed by atoms with Crippen LogP contribution in [0.4, 0.5) is 10.5 Å². The number of carboxylic acids is 1. The largest absolute Gasteiger partial charge is 0.480 e. The fraction of sp³-hybridized carbons (Fsp3) is 0.600. The van der Waals surface area contributed by atoms with Crippen molar-refractivity contribution < 1.29 is 24.2 Å². The maximum atomic E-state index is 12.0. The molecule has 0 saturated carbocycles. The molecule has 27 heavy (non-hydrogen) atoms. The Balaban J connectivity index is 2.14. The van der Waals surface area contributed by atoms with E-state index in [4.69, 9.17) is 9.47 Å². The second kappa shape index (κ2) is 8.61. The monoisotopic (exact) mass is 378 g/mol. The van der Waals surface area contributed by atoms with Crippen LogP contribution in [-0.2, 0) is 20.7 Å². The minimum atomic E-state index is -1.09. The summed E-state index contributed by atoms with van der Waals surface area (Å²) in [4.78, 5) is 25.9. The fourth-order valence-corrected chi connectivity index (χ4v) is 3.10.